The fraction of sp³-hybridized carbons (Fsp3) is 0.263. The average molecular weight is 427 g/mol. The van der Waals surface area contributed by atoms with Crippen LogP contribution in [0.25, 0.3) is 5.69 Å². The van der Waals surface area contributed by atoms with Crippen LogP contribution in [0.2, 0.25) is 0 Å². The Kier molecular flexibility index (Phi) is 4.64. The molecular formula is C19H14F5N3O3. The van der Waals surface area contributed by atoms with E-state index in [1.807, 2.05) is 0 Å². The minimum Gasteiger partial charge on any atom is -0.406 e. The molecule has 1 fully saturated rings. The predicted octanol–water partition coefficient (Wildman–Crippen LogP) is 3.70. The zero-order chi connectivity index (χ0) is 21.7. The van der Waals surface area contributed by atoms with Crippen LogP contribution in [0.15, 0.2) is 53.6 Å². The molecule has 0 aliphatic carbocycles. The first-order valence-corrected chi connectivity index (χ1v) is 8.72. The lowest BCUT2D eigenvalue weighted by Crippen LogP contribution is -2.33. The number of nitrogens with zero attached hydrogens (tertiary/aromatic N) is 3. The van der Waals surface area contributed by atoms with Gasteiger partial charge < -0.3 is 9.47 Å². The number of rotatable bonds is 5. The highest BCUT2D eigenvalue weighted by molar-refractivity contribution is 5.37. The Labute approximate surface area is 166 Å². The van der Waals surface area contributed by atoms with E-state index in [0.717, 1.165) is 33.5 Å². The average Bonchev–Trinajstić information content (AvgIpc) is 3.37. The van der Waals surface area contributed by atoms with Gasteiger partial charge in [0.15, 0.2) is 0 Å². The molecule has 1 aliphatic rings. The molecule has 2 aromatic carbocycles. The summed E-state index contributed by atoms with van der Waals surface area (Å²) in [5.41, 5.74) is -1.42. The van der Waals surface area contributed by atoms with E-state index in [9.17, 15) is 26.7 Å². The van der Waals surface area contributed by atoms with Gasteiger partial charge in [0.2, 0.25) is 0 Å². The van der Waals surface area contributed by atoms with E-state index in [1.54, 1.807) is 6.92 Å². The van der Waals surface area contributed by atoms with E-state index in [1.165, 1.54) is 24.5 Å². The van der Waals surface area contributed by atoms with Crippen molar-refractivity contribution in [2.75, 3.05) is 6.61 Å². The molecule has 1 saturated heterocycles. The summed E-state index contributed by atoms with van der Waals surface area (Å²) < 4.78 is 75.8. The van der Waals surface area contributed by atoms with Crippen LogP contribution >= 0.6 is 0 Å². The van der Waals surface area contributed by atoms with E-state index in [4.69, 9.17) is 4.74 Å². The maximum Gasteiger partial charge on any atom is 0.573 e. The molecule has 0 bridgehead atoms. The summed E-state index contributed by atoms with van der Waals surface area (Å²) >= 11 is 0. The van der Waals surface area contributed by atoms with Gasteiger partial charge in [-0.2, -0.15) is 5.10 Å². The predicted molar refractivity (Wildman–Crippen MR) is 93.2 cm³/mol. The van der Waals surface area contributed by atoms with Gasteiger partial charge in [-0.05, 0) is 37.3 Å². The van der Waals surface area contributed by atoms with Crippen molar-refractivity contribution in [3.8, 4) is 11.4 Å². The first-order chi connectivity index (χ1) is 14.1. The molecule has 2 heterocycles. The van der Waals surface area contributed by atoms with Crippen LogP contribution in [0.5, 0.6) is 5.75 Å². The minimum atomic E-state index is -4.83. The highest BCUT2D eigenvalue weighted by Crippen LogP contribution is 2.48. The van der Waals surface area contributed by atoms with Gasteiger partial charge >= 0.3 is 12.1 Å². The van der Waals surface area contributed by atoms with Crippen LogP contribution < -0.4 is 10.4 Å². The zero-order valence-corrected chi connectivity index (χ0v) is 15.4. The Bertz CT molecular complexity index is 1130. The van der Waals surface area contributed by atoms with Crippen molar-refractivity contribution in [1.29, 1.82) is 0 Å². The lowest BCUT2D eigenvalue weighted by molar-refractivity contribution is -0.274. The molecule has 0 unspecified atom stereocenters. The third-order valence-electron chi connectivity index (χ3n) is 4.93. The fourth-order valence-corrected chi connectivity index (χ4v) is 3.30. The molecule has 0 amide bonds. The summed E-state index contributed by atoms with van der Waals surface area (Å²) in [5.74, 6) is -1.97. The standard InChI is InChI=1S/C19H14F5N3O3/c1-11(18(9-29-18)15-7-2-12(20)8-16(15)21)27-17(28)26(10-25-27)13-3-5-14(6-4-13)30-19(22,23)24/h2-8,10-11H,9H2,1H3/t11-,18+/m1/s1. The summed E-state index contributed by atoms with van der Waals surface area (Å²) in [4.78, 5) is 12.8. The molecule has 3 aromatic rings. The van der Waals surface area contributed by atoms with Gasteiger partial charge in [-0.3, -0.25) is 0 Å². The zero-order valence-electron chi connectivity index (χ0n) is 15.4. The van der Waals surface area contributed by atoms with Gasteiger partial charge in [-0.25, -0.2) is 22.8 Å². The van der Waals surface area contributed by atoms with Crippen molar-refractivity contribution in [2.45, 2.75) is 24.9 Å². The van der Waals surface area contributed by atoms with E-state index in [2.05, 4.69) is 9.84 Å². The molecule has 6 nitrogen and oxygen atoms in total. The lowest BCUT2D eigenvalue weighted by atomic mass is 9.92. The van der Waals surface area contributed by atoms with E-state index in [0.29, 0.717) is 0 Å². The Morgan fingerprint density at radius 2 is 1.83 bits per heavy atom. The SMILES string of the molecule is C[C@@H](n1ncn(-c2ccc(OC(F)(F)F)cc2)c1=O)[C@]1(c2ccc(F)cc2F)CO1. The van der Waals surface area contributed by atoms with Gasteiger partial charge in [-0.15, -0.1) is 13.2 Å². The van der Waals surface area contributed by atoms with Crippen molar-refractivity contribution < 1.29 is 31.4 Å². The maximum absolute atomic E-state index is 14.3. The molecular weight excluding hydrogens is 413 g/mol. The topological polar surface area (TPSA) is 61.6 Å². The minimum absolute atomic E-state index is 0.103. The monoisotopic (exact) mass is 427 g/mol. The van der Waals surface area contributed by atoms with Gasteiger partial charge in [0.1, 0.15) is 29.3 Å². The van der Waals surface area contributed by atoms with Crippen molar-refractivity contribution in [1.82, 2.24) is 14.3 Å². The Hall–Kier alpha value is -3.21. The second kappa shape index (κ2) is 6.94. The number of ether oxygens (including phenoxy) is 2. The molecule has 0 spiro atoms. The largest absolute Gasteiger partial charge is 0.573 e. The number of alkyl halides is 3. The summed E-state index contributed by atoms with van der Waals surface area (Å²) in [7, 11) is 0. The molecule has 30 heavy (non-hydrogen) atoms. The third-order valence-corrected chi connectivity index (χ3v) is 4.93. The smallest absolute Gasteiger partial charge is 0.406 e. The van der Waals surface area contributed by atoms with Crippen molar-refractivity contribution in [3.05, 3.63) is 76.5 Å². The van der Waals surface area contributed by atoms with Crippen LogP contribution in [-0.2, 0) is 10.3 Å². The van der Waals surface area contributed by atoms with Crippen LogP contribution in [-0.4, -0.2) is 27.3 Å². The Morgan fingerprint density at radius 1 is 1.17 bits per heavy atom. The normalized spacial score (nSPS) is 19.5. The number of aromatic nitrogens is 3. The van der Waals surface area contributed by atoms with Crippen molar-refractivity contribution in [2.24, 2.45) is 0 Å². The summed E-state index contributed by atoms with van der Waals surface area (Å²) in [6.45, 7) is 1.72. The number of epoxide rings is 1. The Balaban J connectivity index is 1.63. The number of hydrogen-bond acceptors (Lipinski definition) is 4. The van der Waals surface area contributed by atoms with Crippen LogP contribution in [0.1, 0.15) is 18.5 Å². The van der Waals surface area contributed by atoms with Crippen molar-refractivity contribution >= 4 is 0 Å². The highest BCUT2D eigenvalue weighted by Gasteiger charge is 2.54. The second-order valence-corrected chi connectivity index (χ2v) is 6.75. The quantitative estimate of drug-likeness (QED) is 0.460. The highest BCUT2D eigenvalue weighted by atomic mass is 19.4. The molecule has 158 valence electrons. The van der Waals surface area contributed by atoms with E-state index >= 15 is 0 Å². The van der Waals surface area contributed by atoms with Crippen LogP contribution in [0, 0.1) is 11.6 Å². The van der Waals surface area contributed by atoms with Gasteiger partial charge in [0.25, 0.3) is 0 Å². The summed E-state index contributed by atoms with van der Waals surface area (Å²) in [6, 6.07) is 7.02. The van der Waals surface area contributed by atoms with Crippen LogP contribution in [0.4, 0.5) is 22.0 Å². The Morgan fingerprint density at radius 3 is 2.40 bits per heavy atom. The number of hydrogen-bond donors (Lipinski definition) is 0. The molecule has 0 N–H and O–H groups in total. The van der Waals surface area contributed by atoms with Gasteiger partial charge in [-0.1, -0.05) is 6.07 Å². The first kappa shape index (κ1) is 20.1. The van der Waals surface area contributed by atoms with Crippen LogP contribution in [0.3, 0.4) is 0 Å². The van der Waals surface area contributed by atoms with Crippen molar-refractivity contribution in [3.63, 3.8) is 0 Å². The second-order valence-electron chi connectivity index (χ2n) is 6.75. The molecule has 1 aromatic heterocycles. The lowest BCUT2D eigenvalue weighted by Gasteiger charge is -2.20. The molecule has 1 aliphatic heterocycles. The molecule has 11 heteroatoms. The van der Waals surface area contributed by atoms with E-state index in [-0.39, 0.29) is 17.9 Å². The summed E-state index contributed by atoms with van der Waals surface area (Å²) in [5, 5.41) is 4.03. The number of benzene rings is 2. The fourth-order valence-electron chi connectivity index (χ4n) is 3.30. The number of halogens is 5. The molecule has 0 radical (unpaired) electrons. The first-order valence-electron chi connectivity index (χ1n) is 8.72. The molecule has 0 saturated carbocycles. The maximum atomic E-state index is 14.3. The van der Waals surface area contributed by atoms with Gasteiger partial charge in [0.05, 0.1) is 18.3 Å². The summed E-state index contributed by atoms with van der Waals surface area (Å²) in [6.07, 6.45) is -3.64. The van der Waals surface area contributed by atoms with E-state index < -0.39 is 41.1 Å². The third kappa shape index (κ3) is 3.56. The van der Waals surface area contributed by atoms with Gasteiger partial charge in [0, 0.05) is 11.6 Å². The molecule has 2 atom stereocenters. The molecule has 4 rings (SSSR count).